The molecule has 0 saturated carbocycles. The number of nitrogens with zero attached hydrogens (tertiary/aromatic N) is 3. The van der Waals surface area contributed by atoms with Crippen LogP contribution in [0.25, 0.3) is 0 Å². The van der Waals surface area contributed by atoms with E-state index < -0.39 is 0 Å². The lowest BCUT2D eigenvalue weighted by Gasteiger charge is -2.29. The summed E-state index contributed by atoms with van der Waals surface area (Å²) in [5, 5.41) is 7.23. The van der Waals surface area contributed by atoms with Crippen molar-refractivity contribution in [1.82, 2.24) is 14.9 Å². The molecule has 1 fully saturated rings. The van der Waals surface area contributed by atoms with Crippen LogP contribution in [0.5, 0.6) is 0 Å². The van der Waals surface area contributed by atoms with Gasteiger partial charge in [0.15, 0.2) is 5.11 Å². The molecule has 1 saturated heterocycles. The van der Waals surface area contributed by atoms with E-state index >= 15 is 0 Å². The Balaban J connectivity index is 1.80. The highest BCUT2D eigenvalue weighted by Crippen LogP contribution is 2.43. The van der Waals surface area contributed by atoms with E-state index in [1.165, 1.54) is 17.0 Å². The maximum Gasteiger partial charge on any atom is 0.226 e. The van der Waals surface area contributed by atoms with E-state index in [1.54, 1.807) is 0 Å². The number of hydrogen-bond acceptors (Lipinski definition) is 3. The second-order valence-electron chi connectivity index (χ2n) is 9.21. The summed E-state index contributed by atoms with van der Waals surface area (Å²) in [6.45, 7) is 13.2. The van der Waals surface area contributed by atoms with Gasteiger partial charge in [-0.1, -0.05) is 19.9 Å². The van der Waals surface area contributed by atoms with Crippen LogP contribution in [0, 0.1) is 26.7 Å². The normalized spacial score (nSPS) is 17.9. The lowest BCUT2D eigenvalue weighted by molar-refractivity contribution is -0.118. The number of carbonyl (C=O) groups is 1. The predicted octanol–water partition coefficient (Wildman–Crippen LogP) is 5.60. The van der Waals surface area contributed by atoms with E-state index in [2.05, 4.69) is 58.0 Å². The van der Waals surface area contributed by atoms with Crippen LogP contribution < -0.4 is 15.5 Å². The molecule has 7 heteroatoms. The number of rotatable bonds is 6. The molecular formula is C27H33N5OS. The molecule has 1 amide bonds. The standard InChI is InChI=1S/C27H33N5OS/c1-7-31-18(5)15-21(19(31)6)25-24(23-10-8-9-13-28-23)30-27(34)32(25)20-11-12-22(17(4)14-20)29-26(33)16(2)3/h8-16,24-25H,7H2,1-6H3,(H,29,33)(H,30,34)/t24-,25-/m0/s1. The second-order valence-corrected chi connectivity index (χ2v) is 9.60. The molecule has 3 heterocycles. The van der Waals surface area contributed by atoms with Crippen molar-refractivity contribution in [2.75, 3.05) is 10.2 Å². The van der Waals surface area contributed by atoms with Crippen molar-refractivity contribution < 1.29 is 4.79 Å². The lowest BCUT2D eigenvalue weighted by Crippen LogP contribution is -2.29. The summed E-state index contributed by atoms with van der Waals surface area (Å²) in [4.78, 5) is 19.1. The predicted molar refractivity (Wildman–Crippen MR) is 142 cm³/mol. The molecule has 1 aliphatic rings. The summed E-state index contributed by atoms with van der Waals surface area (Å²) in [6.07, 6.45) is 1.82. The number of benzene rings is 1. The molecule has 34 heavy (non-hydrogen) atoms. The fourth-order valence-corrected chi connectivity index (χ4v) is 5.12. The van der Waals surface area contributed by atoms with E-state index in [9.17, 15) is 4.79 Å². The van der Waals surface area contributed by atoms with E-state index in [1.807, 2.05) is 57.3 Å². The van der Waals surface area contributed by atoms with Crippen LogP contribution in [-0.2, 0) is 11.3 Å². The minimum atomic E-state index is -0.0832. The minimum Gasteiger partial charge on any atom is -0.351 e. The molecule has 0 radical (unpaired) electrons. The van der Waals surface area contributed by atoms with Crippen molar-refractivity contribution in [3.05, 3.63) is 76.9 Å². The molecule has 6 nitrogen and oxygen atoms in total. The zero-order valence-corrected chi connectivity index (χ0v) is 21.5. The third kappa shape index (κ3) is 4.32. The quantitative estimate of drug-likeness (QED) is 0.455. The smallest absolute Gasteiger partial charge is 0.226 e. The monoisotopic (exact) mass is 475 g/mol. The topological polar surface area (TPSA) is 62.2 Å². The molecule has 178 valence electrons. The summed E-state index contributed by atoms with van der Waals surface area (Å²) in [5.41, 5.74) is 7.46. The van der Waals surface area contributed by atoms with Gasteiger partial charge in [0.05, 0.1) is 17.8 Å². The Morgan fingerprint density at radius 2 is 1.94 bits per heavy atom. The lowest BCUT2D eigenvalue weighted by atomic mass is 9.96. The Kier molecular flexibility index (Phi) is 6.75. The van der Waals surface area contributed by atoms with Crippen LogP contribution in [0.3, 0.4) is 0 Å². The van der Waals surface area contributed by atoms with Crippen LogP contribution in [0.15, 0.2) is 48.7 Å². The van der Waals surface area contributed by atoms with Gasteiger partial charge in [0.1, 0.15) is 0 Å². The number of carbonyl (C=O) groups excluding carboxylic acids is 1. The molecule has 4 rings (SSSR count). The van der Waals surface area contributed by atoms with Crippen molar-refractivity contribution >= 4 is 34.6 Å². The number of aromatic nitrogens is 2. The summed E-state index contributed by atoms with van der Waals surface area (Å²) >= 11 is 5.88. The molecule has 2 atom stereocenters. The molecule has 2 N–H and O–H groups in total. The third-order valence-electron chi connectivity index (χ3n) is 6.62. The van der Waals surface area contributed by atoms with Gasteiger partial charge in [0.25, 0.3) is 0 Å². The maximum atomic E-state index is 12.2. The van der Waals surface area contributed by atoms with Gasteiger partial charge in [0.2, 0.25) is 5.91 Å². The number of hydrogen-bond donors (Lipinski definition) is 2. The molecule has 2 aromatic heterocycles. The largest absolute Gasteiger partial charge is 0.351 e. The Bertz CT molecular complexity index is 1220. The zero-order valence-electron chi connectivity index (χ0n) is 20.7. The van der Waals surface area contributed by atoms with E-state index in [0.29, 0.717) is 5.11 Å². The number of nitrogens with one attached hydrogen (secondary N) is 2. The summed E-state index contributed by atoms with van der Waals surface area (Å²) in [5.74, 6) is -0.0685. The molecule has 1 aromatic carbocycles. The average molecular weight is 476 g/mol. The van der Waals surface area contributed by atoms with Crippen molar-refractivity contribution in [3.63, 3.8) is 0 Å². The first-order valence-electron chi connectivity index (χ1n) is 11.8. The van der Waals surface area contributed by atoms with Gasteiger partial charge in [-0.3, -0.25) is 9.78 Å². The summed E-state index contributed by atoms with van der Waals surface area (Å²) in [6, 6.07) is 14.2. The molecular weight excluding hydrogens is 442 g/mol. The highest BCUT2D eigenvalue weighted by molar-refractivity contribution is 7.80. The van der Waals surface area contributed by atoms with Crippen LogP contribution in [-0.4, -0.2) is 20.6 Å². The van der Waals surface area contributed by atoms with Crippen LogP contribution in [0.4, 0.5) is 11.4 Å². The summed E-state index contributed by atoms with van der Waals surface area (Å²) in [7, 11) is 0. The van der Waals surface area contributed by atoms with Gasteiger partial charge >= 0.3 is 0 Å². The molecule has 0 bridgehead atoms. The fraction of sp³-hybridized carbons (Fsp3) is 0.370. The van der Waals surface area contributed by atoms with Crippen LogP contribution in [0.1, 0.15) is 61.1 Å². The van der Waals surface area contributed by atoms with Gasteiger partial charge in [-0.2, -0.15) is 0 Å². The molecule has 3 aromatic rings. The number of pyridine rings is 1. The van der Waals surface area contributed by atoms with Crippen molar-refractivity contribution in [2.45, 2.75) is 60.2 Å². The second kappa shape index (κ2) is 9.58. The Morgan fingerprint density at radius 1 is 1.18 bits per heavy atom. The first-order chi connectivity index (χ1) is 16.2. The number of anilines is 2. The van der Waals surface area contributed by atoms with E-state index in [0.717, 1.165) is 29.2 Å². The number of aryl methyl sites for hydroxylation is 2. The number of thiocarbonyl (C=S) groups is 1. The molecule has 0 spiro atoms. The SMILES string of the molecule is CCn1c(C)cc([C@H]2[C@H](c3ccccn3)NC(=S)N2c2ccc(NC(=O)C(C)C)c(C)c2)c1C. The van der Waals surface area contributed by atoms with Gasteiger partial charge in [-0.15, -0.1) is 0 Å². The van der Waals surface area contributed by atoms with E-state index in [4.69, 9.17) is 12.2 Å². The first kappa shape index (κ1) is 24.0. The molecule has 0 unspecified atom stereocenters. The fourth-order valence-electron chi connectivity index (χ4n) is 4.78. The minimum absolute atomic E-state index is 0.00862. The van der Waals surface area contributed by atoms with E-state index in [-0.39, 0.29) is 23.9 Å². The van der Waals surface area contributed by atoms with Gasteiger partial charge < -0.3 is 20.1 Å². The van der Waals surface area contributed by atoms with Crippen molar-refractivity contribution in [1.29, 1.82) is 0 Å². The molecule has 0 aliphatic carbocycles. The zero-order chi connectivity index (χ0) is 24.6. The van der Waals surface area contributed by atoms with Crippen LogP contribution >= 0.6 is 12.2 Å². The van der Waals surface area contributed by atoms with Gasteiger partial charge in [-0.05, 0) is 87.4 Å². The van der Waals surface area contributed by atoms with Gasteiger partial charge in [0, 0.05) is 41.4 Å². The molecule has 1 aliphatic heterocycles. The third-order valence-corrected chi connectivity index (χ3v) is 6.93. The first-order valence-corrected chi connectivity index (χ1v) is 12.2. The van der Waals surface area contributed by atoms with Crippen molar-refractivity contribution in [2.24, 2.45) is 5.92 Å². The Morgan fingerprint density at radius 3 is 2.53 bits per heavy atom. The van der Waals surface area contributed by atoms with Crippen LogP contribution in [0.2, 0.25) is 0 Å². The highest BCUT2D eigenvalue weighted by Gasteiger charge is 2.42. The number of amides is 1. The maximum absolute atomic E-state index is 12.2. The summed E-state index contributed by atoms with van der Waals surface area (Å²) < 4.78 is 2.33. The highest BCUT2D eigenvalue weighted by atomic mass is 32.1. The van der Waals surface area contributed by atoms with Crippen molar-refractivity contribution in [3.8, 4) is 0 Å². The Hall–Kier alpha value is -3.19. The van der Waals surface area contributed by atoms with Gasteiger partial charge in [-0.25, -0.2) is 0 Å². The average Bonchev–Trinajstić information content (AvgIpc) is 3.30. The Labute approximate surface area is 207 Å².